The Morgan fingerprint density at radius 1 is 1.37 bits per heavy atom. The van der Waals surface area contributed by atoms with Crippen LogP contribution in [0.2, 0.25) is 10.0 Å². The van der Waals surface area contributed by atoms with Gasteiger partial charge in [0.2, 0.25) is 5.91 Å². The van der Waals surface area contributed by atoms with E-state index in [4.69, 9.17) is 23.2 Å². The smallest absolute Gasteiger partial charge is 0.236 e. The van der Waals surface area contributed by atoms with Crippen molar-refractivity contribution < 1.29 is 10.1 Å². The Bertz CT molecular complexity index is 484. The van der Waals surface area contributed by atoms with Crippen LogP contribution in [0.1, 0.15) is 17.9 Å². The number of hydrogen-bond acceptors (Lipinski definition) is 2. The number of benzene rings is 1. The van der Waals surface area contributed by atoms with Crippen LogP contribution in [0, 0.1) is 0 Å². The first-order valence-electron chi connectivity index (χ1n) is 6.23. The molecule has 1 aliphatic heterocycles. The van der Waals surface area contributed by atoms with Crippen molar-refractivity contribution in [2.45, 2.75) is 17.5 Å². The van der Waals surface area contributed by atoms with Crippen molar-refractivity contribution in [3.05, 3.63) is 33.8 Å². The third-order valence-corrected chi connectivity index (χ3v) is 5.27. The van der Waals surface area contributed by atoms with Gasteiger partial charge in [-0.2, -0.15) is 0 Å². The molecule has 1 heterocycles. The summed E-state index contributed by atoms with van der Waals surface area (Å²) in [7, 11) is 2.01. The van der Waals surface area contributed by atoms with Gasteiger partial charge in [-0.1, -0.05) is 29.3 Å². The Balaban J connectivity index is 2.25. The number of amides is 1. The molecule has 0 saturated carbocycles. The normalized spacial score (nSPS) is 23.2. The summed E-state index contributed by atoms with van der Waals surface area (Å²) < 4.78 is 0. The lowest BCUT2D eigenvalue weighted by Crippen LogP contribution is -2.81. The third-order valence-electron chi connectivity index (χ3n) is 3.13. The average Bonchev–Trinajstić information content (AvgIpc) is 2.67. The summed E-state index contributed by atoms with van der Waals surface area (Å²) in [4.78, 5) is 14.1. The quantitative estimate of drug-likeness (QED) is 0.923. The van der Waals surface area contributed by atoms with Crippen molar-refractivity contribution in [3.8, 4) is 0 Å². The Hall–Kier alpha value is -0.420. The van der Waals surface area contributed by atoms with Gasteiger partial charge in [-0.3, -0.25) is 4.79 Å². The van der Waals surface area contributed by atoms with E-state index < -0.39 is 0 Å². The lowest BCUT2D eigenvalue weighted by molar-refractivity contribution is -0.626. The van der Waals surface area contributed by atoms with Crippen molar-refractivity contribution in [1.82, 2.24) is 4.90 Å². The van der Waals surface area contributed by atoms with Gasteiger partial charge >= 0.3 is 0 Å². The monoisotopic (exact) mass is 319 g/mol. The molecule has 19 heavy (non-hydrogen) atoms. The number of quaternary nitrogens is 1. The van der Waals surface area contributed by atoms with E-state index in [1.807, 2.05) is 31.0 Å². The number of rotatable bonds is 4. The number of carbonyl (C=O) groups is 1. The van der Waals surface area contributed by atoms with Crippen molar-refractivity contribution in [2.75, 3.05) is 20.1 Å². The SMILES string of the molecule is C[NH2+]CCN1C(=O)[C@@H](C)S[C@@H]1c1ccc(Cl)c(Cl)c1. The van der Waals surface area contributed by atoms with Crippen LogP contribution in [0.5, 0.6) is 0 Å². The molecule has 1 aliphatic rings. The van der Waals surface area contributed by atoms with Crippen molar-refractivity contribution in [2.24, 2.45) is 0 Å². The number of thioether (sulfide) groups is 1. The van der Waals surface area contributed by atoms with Gasteiger partial charge in [0, 0.05) is 0 Å². The molecule has 0 aromatic heterocycles. The molecule has 2 rings (SSSR count). The van der Waals surface area contributed by atoms with Gasteiger partial charge in [0.25, 0.3) is 0 Å². The molecule has 0 bridgehead atoms. The maximum atomic E-state index is 12.2. The summed E-state index contributed by atoms with van der Waals surface area (Å²) in [6.07, 6.45) is 0. The minimum absolute atomic E-state index is 0.00342. The largest absolute Gasteiger partial charge is 0.347 e. The van der Waals surface area contributed by atoms with E-state index >= 15 is 0 Å². The second-order valence-electron chi connectivity index (χ2n) is 4.53. The standard InChI is InChI=1S/C13H16Cl2N2OS/c1-8-12(18)17(6-5-16-2)13(19-8)9-3-4-10(14)11(15)7-9/h3-4,7-8,13,16H,5-6H2,1-2H3/p+1/t8-,13-/m1/s1. The van der Waals surface area contributed by atoms with E-state index in [1.54, 1.807) is 17.8 Å². The van der Waals surface area contributed by atoms with Crippen LogP contribution >= 0.6 is 35.0 Å². The molecule has 104 valence electrons. The number of likely N-dealkylation sites (N-methyl/N-ethyl adjacent to an activating group) is 1. The first-order chi connectivity index (χ1) is 9.04. The number of nitrogens with zero attached hydrogens (tertiary/aromatic N) is 1. The molecular formula is C13H17Cl2N2OS+. The fourth-order valence-corrected chi connectivity index (χ4v) is 3.70. The molecule has 6 heteroatoms. The molecule has 0 aliphatic carbocycles. The van der Waals surface area contributed by atoms with E-state index in [-0.39, 0.29) is 16.5 Å². The first kappa shape index (κ1) is 15.0. The molecule has 1 aromatic rings. The van der Waals surface area contributed by atoms with E-state index in [2.05, 4.69) is 5.32 Å². The molecule has 0 spiro atoms. The Morgan fingerprint density at radius 3 is 2.74 bits per heavy atom. The number of nitrogens with two attached hydrogens (primary N) is 1. The zero-order chi connectivity index (χ0) is 14.0. The molecule has 1 amide bonds. The summed E-state index contributed by atoms with van der Waals surface area (Å²) >= 11 is 13.7. The van der Waals surface area contributed by atoms with Gasteiger partial charge in [-0.05, 0) is 24.6 Å². The highest BCUT2D eigenvalue weighted by Crippen LogP contribution is 2.43. The molecule has 1 fully saturated rings. The number of carbonyl (C=O) groups excluding carboxylic acids is 1. The Labute approximate surface area is 127 Å². The van der Waals surface area contributed by atoms with Crippen LogP contribution in [0.25, 0.3) is 0 Å². The molecule has 1 aromatic carbocycles. The predicted molar refractivity (Wildman–Crippen MR) is 80.7 cm³/mol. The minimum Gasteiger partial charge on any atom is -0.347 e. The Kier molecular flexibility index (Phi) is 5.01. The first-order valence-corrected chi connectivity index (χ1v) is 7.93. The van der Waals surface area contributed by atoms with Crippen LogP contribution in [-0.4, -0.2) is 36.2 Å². The Morgan fingerprint density at radius 2 is 2.11 bits per heavy atom. The topological polar surface area (TPSA) is 36.9 Å². The maximum absolute atomic E-state index is 12.2. The molecule has 3 nitrogen and oxygen atoms in total. The van der Waals surface area contributed by atoms with E-state index in [9.17, 15) is 4.79 Å². The fraction of sp³-hybridized carbons (Fsp3) is 0.462. The molecule has 2 N–H and O–H groups in total. The highest BCUT2D eigenvalue weighted by atomic mass is 35.5. The summed E-state index contributed by atoms with van der Waals surface area (Å²) in [5, 5.41) is 3.19. The van der Waals surface area contributed by atoms with Crippen LogP contribution in [0.3, 0.4) is 0 Å². The maximum Gasteiger partial charge on any atom is 0.236 e. The van der Waals surface area contributed by atoms with E-state index in [0.717, 1.165) is 18.7 Å². The molecular weight excluding hydrogens is 303 g/mol. The zero-order valence-corrected chi connectivity index (χ0v) is 13.2. The van der Waals surface area contributed by atoms with Gasteiger partial charge in [0.15, 0.2) is 0 Å². The van der Waals surface area contributed by atoms with Gasteiger partial charge in [-0.15, -0.1) is 11.8 Å². The van der Waals surface area contributed by atoms with Crippen molar-refractivity contribution >= 4 is 40.9 Å². The van der Waals surface area contributed by atoms with Crippen molar-refractivity contribution in [3.63, 3.8) is 0 Å². The lowest BCUT2D eigenvalue weighted by atomic mass is 10.2. The van der Waals surface area contributed by atoms with Gasteiger partial charge in [0.1, 0.15) is 5.37 Å². The number of hydrogen-bond donors (Lipinski definition) is 1. The number of halogens is 2. The van der Waals surface area contributed by atoms with E-state index in [1.165, 1.54) is 0 Å². The van der Waals surface area contributed by atoms with Crippen LogP contribution in [0.15, 0.2) is 18.2 Å². The third kappa shape index (κ3) is 3.19. The van der Waals surface area contributed by atoms with Gasteiger partial charge < -0.3 is 10.2 Å². The second-order valence-corrected chi connectivity index (χ2v) is 6.77. The van der Waals surface area contributed by atoms with Crippen LogP contribution < -0.4 is 5.32 Å². The van der Waals surface area contributed by atoms with Crippen LogP contribution in [-0.2, 0) is 4.79 Å². The summed E-state index contributed by atoms with van der Waals surface area (Å²) in [6.45, 7) is 3.60. The fourth-order valence-electron chi connectivity index (χ4n) is 2.09. The average molecular weight is 320 g/mol. The summed E-state index contributed by atoms with van der Waals surface area (Å²) in [5.74, 6) is 0.197. The molecule has 0 radical (unpaired) electrons. The van der Waals surface area contributed by atoms with Gasteiger partial charge in [-0.25, -0.2) is 0 Å². The van der Waals surface area contributed by atoms with Gasteiger partial charge in [0.05, 0.1) is 35.4 Å². The van der Waals surface area contributed by atoms with Crippen molar-refractivity contribution in [1.29, 1.82) is 0 Å². The molecule has 1 saturated heterocycles. The van der Waals surface area contributed by atoms with E-state index in [0.29, 0.717) is 10.0 Å². The highest BCUT2D eigenvalue weighted by molar-refractivity contribution is 8.01. The summed E-state index contributed by atoms with van der Waals surface area (Å²) in [5.41, 5.74) is 1.04. The van der Waals surface area contributed by atoms with Crippen LogP contribution in [0.4, 0.5) is 0 Å². The molecule has 0 unspecified atom stereocenters. The second kappa shape index (κ2) is 6.35. The highest BCUT2D eigenvalue weighted by Gasteiger charge is 2.38. The predicted octanol–water partition coefficient (Wildman–Crippen LogP) is 2.15. The zero-order valence-electron chi connectivity index (χ0n) is 10.9. The lowest BCUT2D eigenvalue weighted by Gasteiger charge is -2.23. The minimum atomic E-state index is -0.00342. The molecule has 2 atom stereocenters. The summed E-state index contributed by atoms with van der Waals surface area (Å²) in [6, 6.07) is 5.59.